The topological polar surface area (TPSA) is 72.5 Å². The van der Waals surface area contributed by atoms with Gasteiger partial charge < -0.3 is 15.0 Å². The number of piperazine rings is 1. The van der Waals surface area contributed by atoms with Crippen LogP contribution in [0.2, 0.25) is 0 Å². The molecule has 21 heavy (non-hydrogen) atoms. The van der Waals surface area contributed by atoms with Crippen LogP contribution in [0, 0.1) is 5.92 Å². The van der Waals surface area contributed by atoms with E-state index >= 15 is 0 Å². The number of aromatic nitrogens is 2. The zero-order valence-electron chi connectivity index (χ0n) is 13.1. The molecule has 2 heterocycles. The van der Waals surface area contributed by atoms with Crippen molar-refractivity contribution < 1.29 is 9.90 Å². The van der Waals surface area contributed by atoms with Crippen LogP contribution in [-0.2, 0) is 4.79 Å². The van der Waals surface area contributed by atoms with E-state index in [0.717, 1.165) is 18.9 Å². The van der Waals surface area contributed by atoms with Gasteiger partial charge in [0, 0.05) is 32.0 Å². The Morgan fingerprint density at radius 3 is 2.86 bits per heavy atom. The number of imidazole rings is 1. The molecule has 1 amide bonds. The summed E-state index contributed by atoms with van der Waals surface area (Å²) in [6.07, 6.45) is 3.19. The zero-order chi connectivity index (χ0) is 15.4. The number of aliphatic hydroxyl groups excluding tert-OH is 1. The molecule has 0 bridgehead atoms. The number of likely N-dealkylation sites (N-methyl/N-ethyl adjacent to an activating group) is 1. The molecule has 1 aliphatic rings. The van der Waals surface area contributed by atoms with E-state index in [4.69, 9.17) is 0 Å². The van der Waals surface area contributed by atoms with Gasteiger partial charge in [-0.3, -0.25) is 9.69 Å². The van der Waals surface area contributed by atoms with E-state index in [1.807, 2.05) is 24.9 Å². The Balaban J connectivity index is 2.02. The Morgan fingerprint density at radius 1 is 1.52 bits per heavy atom. The maximum atomic E-state index is 12.3. The van der Waals surface area contributed by atoms with Gasteiger partial charge in [-0.2, -0.15) is 0 Å². The average molecular weight is 294 g/mol. The van der Waals surface area contributed by atoms with Crippen molar-refractivity contribution in [2.45, 2.75) is 39.3 Å². The normalized spacial score (nSPS) is 21.8. The van der Waals surface area contributed by atoms with Gasteiger partial charge in [0.2, 0.25) is 5.91 Å². The number of carbonyl (C=O) groups excluding carboxylic acids is 1. The number of rotatable bonds is 5. The van der Waals surface area contributed by atoms with Crippen LogP contribution in [0.15, 0.2) is 12.4 Å². The first kappa shape index (κ1) is 16.0. The molecule has 6 nitrogen and oxygen atoms in total. The highest BCUT2D eigenvalue weighted by Crippen LogP contribution is 2.23. The minimum Gasteiger partial charge on any atom is -0.392 e. The fraction of sp³-hybridized carbons (Fsp3) is 0.733. The summed E-state index contributed by atoms with van der Waals surface area (Å²) in [5.41, 5.74) is 0. The Morgan fingerprint density at radius 2 is 2.29 bits per heavy atom. The fourth-order valence-electron chi connectivity index (χ4n) is 2.69. The molecule has 2 atom stereocenters. The van der Waals surface area contributed by atoms with Crippen molar-refractivity contribution >= 4 is 5.91 Å². The van der Waals surface area contributed by atoms with Gasteiger partial charge >= 0.3 is 0 Å². The molecule has 118 valence electrons. The van der Waals surface area contributed by atoms with Gasteiger partial charge in [0.1, 0.15) is 5.82 Å². The van der Waals surface area contributed by atoms with E-state index in [-0.39, 0.29) is 24.3 Å². The van der Waals surface area contributed by atoms with Crippen molar-refractivity contribution in [1.29, 1.82) is 0 Å². The molecule has 0 spiro atoms. The van der Waals surface area contributed by atoms with E-state index in [0.29, 0.717) is 13.1 Å². The summed E-state index contributed by atoms with van der Waals surface area (Å²) in [4.78, 5) is 24.0. The second-order valence-electron chi connectivity index (χ2n) is 5.97. The van der Waals surface area contributed by atoms with Gasteiger partial charge in [0.25, 0.3) is 0 Å². The minimum atomic E-state index is -0.566. The number of aliphatic hydroxyl groups is 1. The third kappa shape index (κ3) is 3.83. The standard InChI is InChI=1S/C15H26N4O2/c1-4-18-7-8-19(14(21)9-13(20)11(2)3)10-12(18)15-16-5-6-17-15/h5-6,11-13,20H,4,7-10H2,1-3H3,(H,16,17)/t12-,13+/m0/s1. The van der Waals surface area contributed by atoms with Gasteiger partial charge in [-0.05, 0) is 12.5 Å². The third-order valence-corrected chi connectivity index (χ3v) is 4.24. The molecule has 0 saturated carbocycles. The van der Waals surface area contributed by atoms with Gasteiger partial charge in [-0.25, -0.2) is 4.98 Å². The Kier molecular flexibility index (Phi) is 5.36. The Hall–Kier alpha value is -1.40. The van der Waals surface area contributed by atoms with Crippen LogP contribution in [-0.4, -0.2) is 63.1 Å². The average Bonchev–Trinajstić information content (AvgIpc) is 3.00. The van der Waals surface area contributed by atoms with Crippen LogP contribution in [0.1, 0.15) is 39.1 Å². The minimum absolute atomic E-state index is 0.0310. The monoisotopic (exact) mass is 294 g/mol. The summed E-state index contributed by atoms with van der Waals surface area (Å²) in [5.74, 6) is 1.04. The van der Waals surface area contributed by atoms with Crippen LogP contribution in [0.3, 0.4) is 0 Å². The van der Waals surface area contributed by atoms with Crippen molar-refractivity contribution in [3.05, 3.63) is 18.2 Å². The first-order valence-corrected chi connectivity index (χ1v) is 7.72. The molecular formula is C15H26N4O2. The van der Waals surface area contributed by atoms with Crippen molar-refractivity contribution in [3.63, 3.8) is 0 Å². The van der Waals surface area contributed by atoms with Gasteiger partial charge in [0.15, 0.2) is 0 Å². The van der Waals surface area contributed by atoms with Gasteiger partial charge in [-0.1, -0.05) is 20.8 Å². The first-order chi connectivity index (χ1) is 10.0. The summed E-state index contributed by atoms with van der Waals surface area (Å²) in [6.45, 7) is 9.10. The Bertz CT molecular complexity index is 447. The highest BCUT2D eigenvalue weighted by atomic mass is 16.3. The lowest BCUT2D eigenvalue weighted by Gasteiger charge is -2.40. The highest BCUT2D eigenvalue weighted by Gasteiger charge is 2.31. The molecule has 0 aromatic carbocycles. The van der Waals surface area contributed by atoms with Crippen LogP contribution >= 0.6 is 0 Å². The first-order valence-electron chi connectivity index (χ1n) is 7.72. The van der Waals surface area contributed by atoms with E-state index in [1.165, 1.54) is 0 Å². The predicted octanol–water partition coefficient (Wildman–Crippen LogP) is 1.02. The smallest absolute Gasteiger partial charge is 0.225 e. The Labute approximate surface area is 126 Å². The van der Waals surface area contributed by atoms with Crippen molar-refractivity contribution in [3.8, 4) is 0 Å². The van der Waals surface area contributed by atoms with Crippen molar-refractivity contribution in [1.82, 2.24) is 19.8 Å². The number of H-pyrrole nitrogens is 1. The van der Waals surface area contributed by atoms with E-state index in [1.54, 1.807) is 6.20 Å². The second kappa shape index (κ2) is 7.04. The summed E-state index contributed by atoms with van der Waals surface area (Å²) >= 11 is 0. The molecule has 0 unspecified atom stereocenters. The number of nitrogens with one attached hydrogen (secondary N) is 1. The number of nitrogens with zero attached hydrogens (tertiary/aromatic N) is 3. The molecule has 2 N–H and O–H groups in total. The molecule has 1 saturated heterocycles. The molecule has 2 rings (SSSR count). The third-order valence-electron chi connectivity index (χ3n) is 4.24. The largest absolute Gasteiger partial charge is 0.392 e. The van der Waals surface area contributed by atoms with E-state index < -0.39 is 6.10 Å². The van der Waals surface area contributed by atoms with Crippen LogP contribution < -0.4 is 0 Å². The van der Waals surface area contributed by atoms with Crippen molar-refractivity contribution in [2.75, 3.05) is 26.2 Å². The number of carbonyl (C=O) groups is 1. The maximum Gasteiger partial charge on any atom is 0.225 e. The number of hydrogen-bond donors (Lipinski definition) is 2. The van der Waals surface area contributed by atoms with Crippen molar-refractivity contribution in [2.24, 2.45) is 5.92 Å². The summed E-state index contributed by atoms with van der Waals surface area (Å²) in [7, 11) is 0. The van der Waals surface area contributed by atoms with E-state index in [9.17, 15) is 9.90 Å². The summed E-state index contributed by atoms with van der Waals surface area (Å²) in [6, 6.07) is 0.110. The summed E-state index contributed by atoms with van der Waals surface area (Å²) in [5, 5.41) is 9.90. The quantitative estimate of drug-likeness (QED) is 0.850. The van der Waals surface area contributed by atoms with Crippen LogP contribution in [0.5, 0.6) is 0 Å². The van der Waals surface area contributed by atoms with Gasteiger partial charge in [-0.15, -0.1) is 0 Å². The molecule has 0 radical (unpaired) electrons. The molecule has 1 aliphatic heterocycles. The molecular weight excluding hydrogens is 268 g/mol. The lowest BCUT2D eigenvalue weighted by Crippen LogP contribution is -2.51. The molecule has 0 aliphatic carbocycles. The zero-order valence-corrected chi connectivity index (χ0v) is 13.1. The van der Waals surface area contributed by atoms with Gasteiger partial charge in [0.05, 0.1) is 18.6 Å². The molecule has 1 aromatic rings. The van der Waals surface area contributed by atoms with Crippen LogP contribution in [0.4, 0.5) is 0 Å². The number of hydrogen-bond acceptors (Lipinski definition) is 4. The fourth-order valence-corrected chi connectivity index (χ4v) is 2.69. The highest BCUT2D eigenvalue weighted by molar-refractivity contribution is 5.76. The maximum absolute atomic E-state index is 12.3. The molecule has 1 fully saturated rings. The molecule has 6 heteroatoms. The second-order valence-corrected chi connectivity index (χ2v) is 5.97. The summed E-state index contributed by atoms with van der Waals surface area (Å²) < 4.78 is 0. The predicted molar refractivity (Wildman–Crippen MR) is 80.6 cm³/mol. The van der Waals surface area contributed by atoms with E-state index in [2.05, 4.69) is 21.8 Å². The lowest BCUT2D eigenvalue weighted by molar-refractivity contribution is -0.137. The number of aromatic amines is 1. The van der Waals surface area contributed by atoms with Crippen LogP contribution in [0.25, 0.3) is 0 Å². The number of amides is 1. The lowest BCUT2D eigenvalue weighted by atomic mass is 10.0. The SMILES string of the molecule is CCN1CCN(C(=O)C[C@@H](O)C(C)C)C[C@H]1c1ncc[nH]1. The molecule has 1 aromatic heterocycles.